The van der Waals surface area contributed by atoms with E-state index in [0.717, 1.165) is 19.5 Å². The highest BCUT2D eigenvalue weighted by Gasteiger charge is 2.03. The van der Waals surface area contributed by atoms with Gasteiger partial charge in [0.1, 0.15) is 0 Å². The fourth-order valence-electron chi connectivity index (χ4n) is 1.69. The SMILES string of the molecule is CC(C)NCc1cncn1CCc1ccsc1. The lowest BCUT2D eigenvalue weighted by Crippen LogP contribution is -2.23. The van der Waals surface area contributed by atoms with Gasteiger partial charge in [-0.25, -0.2) is 4.98 Å². The first kappa shape index (κ1) is 12.3. The molecule has 92 valence electrons. The molecule has 0 saturated carbocycles. The molecule has 17 heavy (non-hydrogen) atoms. The molecule has 2 aromatic heterocycles. The van der Waals surface area contributed by atoms with Crippen LogP contribution in [0.1, 0.15) is 25.1 Å². The largest absolute Gasteiger partial charge is 0.333 e. The Balaban J connectivity index is 1.90. The molecule has 0 unspecified atom stereocenters. The summed E-state index contributed by atoms with van der Waals surface area (Å²) in [5.74, 6) is 0. The molecule has 0 bridgehead atoms. The molecule has 0 amide bonds. The Bertz CT molecular complexity index is 431. The van der Waals surface area contributed by atoms with E-state index in [1.807, 2.05) is 12.5 Å². The first-order chi connectivity index (χ1) is 8.25. The maximum atomic E-state index is 4.23. The summed E-state index contributed by atoms with van der Waals surface area (Å²) in [7, 11) is 0. The second-order valence-electron chi connectivity index (χ2n) is 4.50. The van der Waals surface area contributed by atoms with Crippen molar-refractivity contribution in [2.24, 2.45) is 0 Å². The van der Waals surface area contributed by atoms with Gasteiger partial charge in [0, 0.05) is 25.3 Å². The third kappa shape index (κ3) is 3.68. The zero-order chi connectivity index (χ0) is 12.1. The van der Waals surface area contributed by atoms with Gasteiger partial charge in [-0.05, 0) is 28.8 Å². The van der Waals surface area contributed by atoms with E-state index in [1.54, 1.807) is 11.3 Å². The summed E-state index contributed by atoms with van der Waals surface area (Å²) >= 11 is 1.76. The van der Waals surface area contributed by atoms with Gasteiger partial charge in [0.15, 0.2) is 0 Å². The second-order valence-corrected chi connectivity index (χ2v) is 5.28. The van der Waals surface area contributed by atoms with Gasteiger partial charge in [-0.3, -0.25) is 0 Å². The Hall–Kier alpha value is -1.13. The molecule has 2 heterocycles. The molecule has 1 N–H and O–H groups in total. The van der Waals surface area contributed by atoms with Crippen molar-refractivity contribution < 1.29 is 0 Å². The number of hydrogen-bond acceptors (Lipinski definition) is 3. The summed E-state index contributed by atoms with van der Waals surface area (Å²) < 4.78 is 2.23. The Kier molecular flexibility index (Phi) is 4.34. The topological polar surface area (TPSA) is 29.9 Å². The van der Waals surface area contributed by atoms with Crippen molar-refractivity contribution in [3.05, 3.63) is 40.6 Å². The van der Waals surface area contributed by atoms with Gasteiger partial charge in [-0.15, -0.1) is 0 Å². The van der Waals surface area contributed by atoms with Crippen LogP contribution in [-0.4, -0.2) is 15.6 Å². The normalized spacial score (nSPS) is 11.2. The van der Waals surface area contributed by atoms with Crippen LogP contribution < -0.4 is 5.32 Å². The molecule has 0 radical (unpaired) electrons. The molecule has 3 nitrogen and oxygen atoms in total. The summed E-state index contributed by atoms with van der Waals surface area (Å²) in [5.41, 5.74) is 2.67. The van der Waals surface area contributed by atoms with Crippen molar-refractivity contribution in [3.63, 3.8) is 0 Å². The average molecular weight is 249 g/mol. The number of thiophene rings is 1. The minimum Gasteiger partial charge on any atom is -0.333 e. The number of imidazole rings is 1. The monoisotopic (exact) mass is 249 g/mol. The van der Waals surface area contributed by atoms with Gasteiger partial charge in [0.2, 0.25) is 0 Å². The molecule has 0 saturated heterocycles. The van der Waals surface area contributed by atoms with Crippen LogP contribution >= 0.6 is 11.3 Å². The van der Waals surface area contributed by atoms with Crippen molar-refractivity contribution in [3.8, 4) is 0 Å². The predicted octanol–water partition coefficient (Wildman–Crippen LogP) is 2.69. The number of rotatable bonds is 6. The number of aromatic nitrogens is 2. The van der Waals surface area contributed by atoms with Crippen LogP contribution in [0.25, 0.3) is 0 Å². The summed E-state index contributed by atoms with van der Waals surface area (Å²) in [6.07, 6.45) is 4.95. The zero-order valence-corrected chi connectivity index (χ0v) is 11.2. The highest BCUT2D eigenvalue weighted by molar-refractivity contribution is 7.07. The number of aryl methyl sites for hydroxylation is 2. The Morgan fingerprint density at radius 2 is 2.35 bits per heavy atom. The third-order valence-electron chi connectivity index (χ3n) is 2.71. The zero-order valence-electron chi connectivity index (χ0n) is 10.4. The number of nitrogens with one attached hydrogen (secondary N) is 1. The molecule has 0 aliphatic heterocycles. The maximum Gasteiger partial charge on any atom is 0.0948 e. The van der Waals surface area contributed by atoms with Gasteiger partial charge in [-0.2, -0.15) is 11.3 Å². The quantitative estimate of drug-likeness (QED) is 0.853. The van der Waals surface area contributed by atoms with Crippen LogP contribution in [0.15, 0.2) is 29.4 Å². The molecule has 2 rings (SSSR count). The lowest BCUT2D eigenvalue weighted by molar-refractivity contribution is 0.554. The third-order valence-corrected chi connectivity index (χ3v) is 3.44. The molecule has 0 atom stereocenters. The minimum absolute atomic E-state index is 0.509. The number of nitrogens with zero attached hydrogens (tertiary/aromatic N) is 2. The summed E-state index contributed by atoms with van der Waals surface area (Å²) in [4.78, 5) is 4.23. The summed E-state index contributed by atoms with van der Waals surface area (Å²) in [6.45, 7) is 6.21. The fraction of sp³-hybridized carbons (Fsp3) is 0.462. The molecule has 0 aliphatic carbocycles. The van der Waals surface area contributed by atoms with Crippen LogP contribution in [-0.2, 0) is 19.5 Å². The van der Waals surface area contributed by atoms with E-state index in [-0.39, 0.29) is 0 Å². The highest BCUT2D eigenvalue weighted by atomic mass is 32.1. The first-order valence-electron chi connectivity index (χ1n) is 5.99. The van der Waals surface area contributed by atoms with E-state index in [4.69, 9.17) is 0 Å². The Labute approximate surface area is 107 Å². The van der Waals surface area contributed by atoms with Crippen molar-refractivity contribution >= 4 is 11.3 Å². The van der Waals surface area contributed by atoms with E-state index >= 15 is 0 Å². The van der Waals surface area contributed by atoms with E-state index in [9.17, 15) is 0 Å². The van der Waals surface area contributed by atoms with Crippen LogP contribution in [0.5, 0.6) is 0 Å². The Morgan fingerprint density at radius 1 is 1.47 bits per heavy atom. The van der Waals surface area contributed by atoms with E-state index < -0.39 is 0 Å². The predicted molar refractivity (Wildman–Crippen MR) is 72.2 cm³/mol. The van der Waals surface area contributed by atoms with Gasteiger partial charge >= 0.3 is 0 Å². The fourth-order valence-corrected chi connectivity index (χ4v) is 2.39. The van der Waals surface area contributed by atoms with Crippen molar-refractivity contribution in [1.29, 1.82) is 0 Å². The maximum absolute atomic E-state index is 4.23. The molecular formula is C13H19N3S. The second kappa shape index (κ2) is 5.98. The first-order valence-corrected chi connectivity index (χ1v) is 6.93. The lowest BCUT2D eigenvalue weighted by Gasteiger charge is -2.10. The number of hydrogen-bond donors (Lipinski definition) is 1. The van der Waals surface area contributed by atoms with E-state index in [2.05, 4.69) is 45.5 Å². The van der Waals surface area contributed by atoms with Crippen LogP contribution in [0.4, 0.5) is 0 Å². The highest BCUT2D eigenvalue weighted by Crippen LogP contribution is 2.09. The molecule has 0 aromatic carbocycles. The summed E-state index contributed by atoms with van der Waals surface area (Å²) in [5, 5.41) is 7.76. The summed E-state index contributed by atoms with van der Waals surface area (Å²) in [6, 6.07) is 2.70. The Morgan fingerprint density at radius 3 is 3.06 bits per heavy atom. The molecule has 2 aromatic rings. The average Bonchev–Trinajstić information content (AvgIpc) is 2.95. The van der Waals surface area contributed by atoms with Crippen molar-refractivity contribution in [1.82, 2.24) is 14.9 Å². The van der Waals surface area contributed by atoms with Gasteiger partial charge in [0.05, 0.1) is 12.0 Å². The van der Waals surface area contributed by atoms with Crippen LogP contribution in [0, 0.1) is 0 Å². The molecule has 0 aliphatic rings. The van der Waals surface area contributed by atoms with Crippen LogP contribution in [0.3, 0.4) is 0 Å². The van der Waals surface area contributed by atoms with Gasteiger partial charge in [0.25, 0.3) is 0 Å². The molecule has 0 fully saturated rings. The van der Waals surface area contributed by atoms with Crippen molar-refractivity contribution in [2.75, 3.05) is 0 Å². The molecule has 0 spiro atoms. The molecule has 4 heteroatoms. The van der Waals surface area contributed by atoms with E-state index in [0.29, 0.717) is 6.04 Å². The smallest absolute Gasteiger partial charge is 0.0948 e. The van der Waals surface area contributed by atoms with Gasteiger partial charge < -0.3 is 9.88 Å². The molecular weight excluding hydrogens is 230 g/mol. The standard InChI is InChI=1S/C13H19N3S/c1-11(2)15-8-13-7-14-10-16(13)5-3-12-4-6-17-9-12/h4,6-7,9-11,15H,3,5,8H2,1-2H3. The van der Waals surface area contributed by atoms with Crippen LogP contribution in [0.2, 0.25) is 0 Å². The van der Waals surface area contributed by atoms with E-state index in [1.165, 1.54) is 11.3 Å². The van der Waals surface area contributed by atoms with Gasteiger partial charge in [-0.1, -0.05) is 13.8 Å². The lowest BCUT2D eigenvalue weighted by atomic mass is 10.2. The van der Waals surface area contributed by atoms with Crippen molar-refractivity contribution in [2.45, 2.75) is 39.4 Å². The minimum atomic E-state index is 0.509.